The maximum Gasteiger partial charge on any atom is 0.333 e. The van der Waals surface area contributed by atoms with Crippen molar-refractivity contribution in [2.45, 2.75) is 38.7 Å². The van der Waals surface area contributed by atoms with Gasteiger partial charge in [0.25, 0.3) is 0 Å². The minimum Gasteiger partial charge on any atom is -0.453 e. The maximum atomic E-state index is 11.4. The Hall–Kier alpha value is -0.830. The molecule has 1 fully saturated rings. The quantitative estimate of drug-likeness (QED) is 0.512. The third-order valence-corrected chi connectivity index (χ3v) is 2.43. The molecule has 1 saturated heterocycles. The van der Waals surface area contributed by atoms with Gasteiger partial charge in [-0.3, -0.25) is 0 Å². The van der Waals surface area contributed by atoms with E-state index in [9.17, 15) is 4.79 Å². The molecule has 1 unspecified atom stereocenters. The van der Waals surface area contributed by atoms with Crippen LogP contribution in [0.1, 0.15) is 33.1 Å². The molecule has 1 rings (SSSR count). The second-order valence-electron chi connectivity index (χ2n) is 3.91. The van der Waals surface area contributed by atoms with Gasteiger partial charge in [-0.1, -0.05) is 19.9 Å². The highest BCUT2D eigenvalue weighted by atomic mass is 16.6. The molecule has 0 bridgehead atoms. The minimum atomic E-state index is -0.384. The van der Waals surface area contributed by atoms with Gasteiger partial charge < -0.3 is 9.47 Å². The van der Waals surface area contributed by atoms with Crippen LogP contribution < -0.4 is 0 Å². The van der Waals surface area contributed by atoms with E-state index in [1.54, 1.807) is 6.92 Å². The lowest BCUT2D eigenvalue weighted by Gasteiger charge is -2.27. The van der Waals surface area contributed by atoms with Gasteiger partial charge in [-0.15, -0.1) is 0 Å². The lowest BCUT2D eigenvalue weighted by atomic mass is 9.97. The van der Waals surface area contributed by atoms with Crippen LogP contribution in [0.25, 0.3) is 0 Å². The highest BCUT2D eigenvalue weighted by molar-refractivity contribution is 5.87. The number of rotatable bonds is 4. The predicted octanol–water partition coefficient (Wildman–Crippen LogP) is 2.06. The highest BCUT2D eigenvalue weighted by Gasteiger charge is 2.37. The number of carbonyl (C=O) groups is 1. The molecule has 1 aliphatic heterocycles. The van der Waals surface area contributed by atoms with Gasteiger partial charge in [0, 0.05) is 12.0 Å². The van der Waals surface area contributed by atoms with E-state index in [2.05, 4.69) is 13.5 Å². The summed E-state index contributed by atoms with van der Waals surface area (Å²) in [6.07, 6.45) is 2.67. The van der Waals surface area contributed by atoms with Crippen LogP contribution in [0.5, 0.6) is 0 Å². The fraction of sp³-hybridized carbons (Fsp3) is 0.727. The Morgan fingerprint density at radius 3 is 2.79 bits per heavy atom. The van der Waals surface area contributed by atoms with Gasteiger partial charge in [-0.05, 0) is 13.3 Å². The zero-order valence-corrected chi connectivity index (χ0v) is 8.97. The summed E-state index contributed by atoms with van der Waals surface area (Å²) in [7, 11) is 0. The van der Waals surface area contributed by atoms with Crippen molar-refractivity contribution in [3.63, 3.8) is 0 Å². The van der Waals surface area contributed by atoms with Gasteiger partial charge >= 0.3 is 5.97 Å². The Labute approximate surface area is 85.1 Å². The molecule has 3 heteroatoms. The van der Waals surface area contributed by atoms with Crippen LogP contribution in [0, 0.1) is 0 Å². The van der Waals surface area contributed by atoms with Crippen molar-refractivity contribution in [2.75, 3.05) is 13.2 Å². The van der Waals surface area contributed by atoms with Crippen molar-refractivity contribution < 1.29 is 14.3 Å². The van der Waals surface area contributed by atoms with Gasteiger partial charge in [-0.2, -0.15) is 0 Å². The molecule has 1 heterocycles. The van der Waals surface area contributed by atoms with Crippen LogP contribution in [-0.4, -0.2) is 24.8 Å². The van der Waals surface area contributed by atoms with Crippen LogP contribution in [0.15, 0.2) is 12.2 Å². The summed E-state index contributed by atoms with van der Waals surface area (Å²) in [5.74, 6) is -0.302. The molecule has 0 aliphatic carbocycles. The summed E-state index contributed by atoms with van der Waals surface area (Å²) < 4.78 is 10.7. The molecular weight excluding hydrogens is 180 g/mol. The van der Waals surface area contributed by atoms with Gasteiger partial charge in [0.2, 0.25) is 0 Å². The van der Waals surface area contributed by atoms with Crippen molar-refractivity contribution in [2.24, 2.45) is 0 Å². The Morgan fingerprint density at radius 1 is 1.64 bits per heavy atom. The van der Waals surface area contributed by atoms with Crippen molar-refractivity contribution in [1.29, 1.82) is 0 Å². The largest absolute Gasteiger partial charge is 0.453 e. The third-order valence-electron chi connectivity index (χ3n) is 2.43. The van der Waals surface area contributed by atoms with Crippen LogP contribution >= 0.6 is 0 Å². The zero-order valence-electron chi connectivity index (χ0n) is 8.97. The molecule has 0 aromatic rings. The number of hydrogen-bond acceptors (Lipinski definition) is 3. The average Bonchev–Trinajstić information content (AvgIpc) is 2.54. The number of ether oxygens (including phenoxy) is 2. The molecule has 3 nitrogen and oxygen atoms in total. The van der Waals surface area contributed by atoms with E-state index < -0.39 is 0 Å². The topological polar surface area (TPSA) is 35.5 Å². The van der Waals surface area contributed by atoms with E-state index in [4.69, 9.17) is 9.47 Å². The molecule has 0 amide bonds. The first-order chi connectivity index (χ1) is 6.59. The Kier molecular flexibility index (Phi) is 3.69. The van der Waals surface area contributed by atoms with Crippen molar-refractivity contribution in [3.05, 3.63) is 12.2 Å². The van der Waals surface area contributed by atoms with E-state index in [-0.39, 0.29) is 11.6 Å². The molecule has 0 aromatic carbocycles. The van der Waals surface area contributed by atoms with E-state index in [0.29, 0.717) is 18.8 Å². The van der Waals surface area contributed by atoms with Crippen LogP contribution in [0.4, 0.5) is 0 Å². The molecule has 0 N–H and O–H groups in total. The molecule has 1 atom stereocenters. The number of esters is 1. The highest BCUT2D eigenvalue weighted by Crippen LogP contribution is 2.29. The minimum absolute atomic E-state index is 0.302. The molecule has 14 heavy (non-hydrogen) atoms. The second kappa shape index (κ2) is 4.60. The van der Waals surface area contributed by atoms with E-state index >= 15 is 0 Å². The summed E-state index contributed by atoms with van der Waals surface area (Å²) in [4.78, 5) is 11.4. The summed E-state index contributed by atoms with van der Waals surface area (Å²) in [6, 6.07) is 0. The summed E-state index contributed by atoms with van der Waals surface area (Å²) in [5, 5.41) is 0. The Bertz CT molecular complexity index is 227. The van der Waals surface area contributed by atoms with E-state index in [1.165, 1.54) is 0 Å². The first-order valence-corrected chi connectivity index (χ1v) is 5.06. The van der Waals surface area contributed by atoms with E-state index in [1.807, 2.05) is 0 Å². The molecular formula is C11H18O3. The lowest BCUT2D eigenvalue weighted by molar-refractivity contribution is -0.155. The van der Waals surface area contributed by atoms with Crippen LogP contribution in [0.2, 0.25) is 0 Å². The van der Waals surface area contributed by atoms with Gasteiger partial charge in [0.05, 0.1) is 13.2 Å². The standard InChI is InChI=1S/C11H18O3/c1-4-5-11(6-7-13-8-11)14-10(12)9(2)3/h2,4-8H2,1,3H3. The molecule has 80 valence electrons. The fourth-order valence-electron chi connectivity index (χ4n) is 1.66. The predicted molar refractivity (Wildman–Crippen MR) is 54.0 cm³/mol. The maximum absolute atomic E-state index is 11.4. The first-order valence-electron chi connectivity index (χ1n) is 5.06. The lowest BCUT2D eigenvalue weighted by Crippen LogP contribution is -2.35. The molecule has 1 aliphatic rings. The summed E-state index contributed by atoms with van der Waals surface area (Å²) in [6.45, 7) is 8.53. The molecule has 0 saturated carbocycles. The normalized spacial score (nSPS) is 26.1. The molecule has 0 radical (unpaired) electrons. The van der Waals surface area contributed by atoms with E-state index in [0.717, 1.165) is 19.3 Å². The average molecular weight is 198 g/mol. The van der Waals surface area contributed by atoms with Gasteiger partial charge in [-0.25, -0.2) is 4.79 Å². The Morgan fingerprint density at radius 2 is 2.36 bits per heavy atom. The molecule has 0 aromatic heterocycles. The molecule has 0 spiro atoms. The summed E-state index contributed by atoms with van der Waals surface area (Å²) in [5.41, 5.74) is 0.0671. The van der Waals surface area contributed by atoms with Gasteiger partial charge in [0.1, 0.15) is 5.60 Å². The zero-order chi connectivity index (χ0) is 10.6. The van der Waals surface area contributed by atoms with Crippen molar-refractivity contribution in [1.82, 2.24) is 0 Å². The SMILES string of the molecule is C=C(C)C(=O)OC1(CCC)CCOC1. The fourth-order valence-corrected chi connectivity index (χ4v) is 1.66. The second-order valence-corrected chi connectivity index (χ2v) is 3.91. The van der Waals surface area contributed by atoms with Crippen molar-refractivity contribution in [3.8, 4) is 0 Å². The third kappa shape index (κ3) is 2.58. The van der Waals surface area contributed by atoms with Crippen molar-refractivity contribution >= 4 is 5.97 Å². The van der Waals surface area contributed by atoms with Crippen LogP contribution in [-0.2, 0) is 14.3 Å². The number of carbonyl (C=O) groups excluding carboxylic acids is 1. The summed E-state index contributed by atoms with van der Waals surface area (Å²) >= 11 is 0. The number of hydrogen-bond donors (Lipinski definition) is 0. The van der Waals surface area contributed by atoms with Gasteiger partial charge in [0.15, 0.2) is 0 Å². The Balaban J connectivity index is 2.59. The first kappa shape index (κ1) is 11.2. The smallest absolute Gasteiger partial charge is 0.333 e. The monoisotopic (exact) mass is 198 g/mol. The van der Waals surface area contributed by atoms with Crippen LogP contribution in [0.3, 0.4) is 0 Å².